The molecule has 1 heterocycles. The number of halogens is 3. The fourth-order valence-corrected chi connectivity index (χ4v) is 2.06. The van der Waals surface area contributed by atoms with E-state index in [4.69, 9.17) is 9.84 Å². The Morgan fingerprint density at radius 3 is 2.52 bits per heavy atom. The number of rotatable bonds is 5. The molecule has 1 saturated heterocycles. The second kappa shape index (κ2) is 7.18. The smallest absolute Gasteiger partial charge is 0.392 e. The summed E-state index contributed by atoms with van der Waals surface area (Å²) in [6, 6.07) is 4.55. The highest BCUT2D eigenvalue weighted by atomic mass is 19.4. The van der Waals surface area contributed by atoms with E-state index in [1.165, 1.54) is 12.1 Å². The van der Waals surface area contributed by atoms with E-state index in [1.807, 2.05) is 0 Å². The molecule has 2 N–H and O–H groups in total. The molecule has 2 rings (SSSR count). The zero-order valence-corrected chi connectivity index (χ0v) is 12.6. The Kier molecular flexibility index (Phi) is 5.48. The van der Waals surface area contributed by atoms with Gasteiger partial charge in [0.25, 0.3) is 0 Å². The van der Waals surface area contributed by atoms with E-state index >= 15 is 0 Å². The number of likely N-dealkylation sites (tertiary alicyclic amines) is 1. The summed E-state index contributed by atoms with van der Waals surface area (Å²) in [6.07, 6.45) is -5.07. The molecule has 1 aromatic rings. The van der Waals surface area contributed by atoms with Gasteiger partial charge >= 0.3 is 12.2 Å². The summed E-state index contributed by atoms with van der Waals surface area (Å²) in [4.78, 5) is 13.2. The van der Waals surface area contributed by atoms with Crippen molar-refractivity contribution in [2.75, 3.05) is 19.6 Å². The van der Waals surface area contributed by atoms with Crippen molar-refractivity contribution in [1.82, 2.24) is 10.2 Å². The van der Waals surface area contributed by atoms with Crippen molar-refractivity contribution in [3.05, 3.63) is 35.4 Å². The Bertz CT molecular complexity index is 526. The number of aliphatic hydroxyl groups is 1. The molecule has 128 valence electrons. The summed E-state index contributed by atoms with van der Waals surface area (Å²) in [5, 5.41) is 11.7. The predicted molar refractivity (Wildman–Crippen MR) is 76.7 cm³/mol. The molecular weight excluding hydrogens is 313 g/mol. The lowest BCUT2D eigenvalue weighted by molar-refractivity contribution is -0.137. The van der Waals surface area contributed by atoms with Crippen LogP contribution in [0, 0.1) is 0 Å². The number of urea groups is 1. The largest absolute Gasteiger partial charge is 0.416 e. The quantitative estimate of drug-likeness (QED) is 0.867. The molecule has 23 heavy (non-hydrogen) atoms. The van der Waals surface area contributed by atoms with E-state index in [-0.39, 0.29) is 25.3 Å². The van der Waals surface area contributed by atoms with Crippen LogP contribution in [-0.2, 0) is 17.5 Å². The number of hydrogen-bond donors (Lipinski definition) is 2. The van der Waals surface area contributed by atoms with Gasteiger partial charge in [-0.2, -0.15) is 13.2 Å². The van der Waals surface area contributed by atoms with Crippen molar-refractivity contribution >= 4 is 6.03 Å². The number of carbonyl (C=O) groups is 1. The van der Waals surface area contributed by atoms with Crippen LogP contribution in [-0.4, -0.2) is 47.9 Å². The normalized spacial score (nSPS) is 16.8. The third-order valence-electron chi connectivity index (χ3n) is 3.45. The lowest BCUT2D eigenvalue weighted by Gasteiger charge is -2.38. The molecule has 1 aliphatic heterocycles. The molecule has 1 aliphatic rings. The average molecular weight is 332 g/mol. The van der Waals surface area contributed by atoms with Gasteiger partial charge in [0.15, 0.2) is 0 Å². The summed E-state index contributed by atoms with van der Waals surface area (Å²) in [5.41, 5.74) is -0.0409. The maximum Gasteiger partial charge on any atom is 0.416 e. The third kappa shape index (κ3) is 5.11. The Hall–Kier alpha value is -1.80. The molecule has 1 aromatic carbocycles. The first-order valence-corrected chi connectivity index (χ1v) is 7.24. The number of aliphatic hydroxyl groups excluding tert-OH is 1. The highest BCUT2D eigenvalue weighted by Gasteiger charge is 2.32. The summed E-state index contributed by atoms with van der Waals surface area (Å²) in [5.74, 6) is 0. The number of amides is 2. The number of nitrogens with zero attached hydrogens (tertiary/aromatic N) is 1. The Labute approximate surface area is 132 Å². The zero-order chi connectivity index (χ0) is 17.0. The molecule has 0 aromatic heterocycles. The first-order valence-electron chi connectivity index (χ1n) is 7.24. The molecular formula is C15H19F3N2O3. The van der Waals surface area contributed by atoms with Gasteiger partial charge in [-0.3, -0.25) is 0 Å². The maximum atomic E-state index is 12.4. The van der Waals surface area contributed by atoms with Gasteiger partial charge in [-0.25, -0.2) is 4.79 Å². The summed E-state index contributed by atoms with van der Waals surface area (Å²) < 4.78 is 42.9. The SMILES string of the molecule is C[C@H](O)CNC(=O)N1CC(OCc2ccc(C(F)(F)F)cc2)C1. The number of benzene rings is 1. The van der Waals surface area contributed by atoms with Crippen molar-refractivity contribution in [3.63, 3.8) is 0 Å². The topological polar surface area (TPSA) is 61.8 Å². The van der Waals surface area contributed by atoms with Crippen LogP contribution in [0.4, 0.5) is 18.0 Å². The molecule has 0 unspecified atom stereocenters. The number of alkyl halides is 3. The van der Waals surface area contributed by atoms with E-state index in [0.29, 0.717) is 18.7 Å². The maximum absolute atomic E-state index is 12.4. The van der Waals surface area contributed by atoms with Crippen LogP contribution in [0.1, 0.15) is 18.1 Å². The summed E-state index contributed by atoms with van der Waals surface area (Å²) in [7, 11) is 0. The average Bonchev–Trinajstić information content (AvgIpc) is 2.43. The van der Waals surface area contributed by atoms with Crippen LogP contribution in [0.25, 0.3) is 0 Å². The van der Waals surface area contributed by atoms with Crippen molar-refractivity contribution in [2.45, 2.75) is 31.9 Å². The van der Waals surface area contributed by atoms with E-state index in [0.717, 1.165) is 12.1 Å². The van der Waals surface area contributed by atoms with Crippen molar-refractivity contribution < 1.29 is 27.8 Å². The molecule has 2 amide bonds. The summed E-state index contributed by atoms with van der Waals surface area (Å²) >= 11 is 0. The highest BCUT2D eigenvalue weighted by molar-refractivity contribution is 5.75. The molecule has 5 nitrogen and oxygen atoms in total. The monoisotopic (exact) mass is 332 g/mol. The van der Waals surface area contributed by atoms with E-state index in [2.05, 4.69) is 5.32 Å². The second-order valence-corrected chi connectivity index (χ2v) is 5.57. The van der Waals surface area contributed by atoms with Gasteiger partial charge in [0.1, 0.15) is 0 Å². The van der Waals surface area contributed by atoms with Gasteiger partial charge in [-0.1, -0.05) is 12.1 Å². The molecule has 0 aliphatic carbocycles. The number of nitrogens with one attached hydrogen (secondary N) is 1. The third-order valence-corrected chi connectivity index (χ3v) is 3.45. The number of hydrogen-bond acceptors (Lipinski definition) is 3. The zero-order valence-electron chi connectivity index (χ0n) is 12.6. The first kappa shape index (κ1) is 17.6. The van der Waals surface area contributed by atoms with E-state index in [1.54, 1.807) is 11.8 Å². The number of ether oxygens (including phenoxy) is 1. The Morgan fingerprint density at radius 1 is 1.39 bits per heavy atom. The van der Waals surface area contributed by atoms with Gasteiger partial charge in [0.05, 0.1) is 37.5 Å². The van der Waals surface area contributed by atoms with Crippen LogP contribution < -0.4 is 5.32 Å². The molecule has 0 saturated carbocycles. The molecule has 0 bridgehead atoms. The minimum absolute atomic E-state index is 0.130. The van der Waals surface area contributed by atoms with Crippen LogP contribution in [0.2, 0.25) is 0 Å². The standard InChI is InChI=1S/C15H19F3N2O3/c1-10(21)6-19-14(22)20-7-13(8-20)23-9-11-2-4-12(5-3-11)15(16,17)18/h2-5,10,13,21H,6-9H2,1H3,(H,19,22)/t10-/m0/s1. The fourth-order valence-electron chi connectivity index (χ4n) is 2.06. The minimum atomic E-state index is -4.34. The molecule has 8 heteroatoms. The molecule has 1 fully saturated rings. The fraction of sp³-hybridized carbons (Fsp3) is 0.533. The van der Waals surface area contributed by atoms with Gasteiger partial charge in [0.2, 0.25) is 0 Å². The van der Waals surface area contributed by atoms with Gasteiger partial charge in [-0.15, -0.1) is 0 Å². The van der Waals surface area contributed by atoms with E-state index < -0.39 is 17.8 Å². The molecule has 1 atom stereocenters. The van der Waals surface area contributed by atoms with E-state index in [9.17, 15) is 18.0 Å². The van der Waals surface area contributed by atoms with Crippen LogP contribution in [0.5, 0.6) is 0 Å². The highest BCUT2D eigenvalue weighted by Crippen LogP contribution is 2.29. The first-order chi connectivity index (χ1) is 10.8. The molecule has 0 radical (unpaired) electrons. The minimum Gasteiger partial charge on any atom is -0.392 e. The predicted octanol–water partition coefficient (Wildman–Crippen LogP) is 2.00. The lowest BCUT2D eigenvalue weighted by atomic mass is 10.1. The summed E-state index contributed by atoms with van der Waals surface area (Å²) in [6.45, 7) is 2.81. The molecule has 0 spiro atoms. The van der Waals surface area contributed by atoms with Crippen molar-refractivity contribution in [1.29, 1.82) is 0 Å². The van der Waals surface area contributed by atoms with Crippen molar-refractivity contribution in [3.8, 4) is 0 Å². The van der Waals surface area contributed by atoms with Crippen LogP contribution in [0.3, 0.4) is 0 Å². The number of carbonyl (C=O) groups excluding carboxylic acids is 1. The Morgan fingerprint density at radius 2 is 2.00 bits per heavy atom. The van der Waals surface area contributed by atoms with Gasteiger partial charge in [0, 0.05) is 6.54 Å². The van der Waals surface area contributed by atoms with Gasteiger partial charge < -0.3 is 20.1 Å². The second-order valence-electron chi connectivity index (χ2n) is 5.57. The van der Waals surface area contributed by atoms with Gasteiger partial charge in [-0.05, 0) is 24.6 Å². The Balaban J connectivity index is 1.69. The van der Waals surface area contributed by atoms with Crippen LogP contribution in [0.15, 0.2) is 24.3 Å². The van der Waals surface area contributed by atoms with Crippen molar-refractivity contribution in [2.24, 2.45) is 0 Å². The van der Waals surface area contributed by atoms with Crippen LogP contribution >= 0.6 is 0 Å². The lowest BCUT2D eigenvalue weighted by Crippen LogP contribution is -2.58.